The van der Waals surface area contributed by atoms with Crippen molar-refractivity contribution in [3.8, 4) is 11.6 Å². The lowest BCUT2D eigenvalue weighted by atomic mass is 9.87. The molecule has 3 N–H and O–H groups in total. The van der Waals surface area contributed by atoms with Crippen LogP contribution in [0.1, 0.15) is 36.4 Å². The van der Waals surface area contributed by atoms with Gasteiger partial charge in [-0.25, -0.2) is 9.37 Å². The number of nitrogens with zero attached hydrogens (tertiary/aromatic N) is 3. The molecule has 35 heavy (non-hydrogen) atoms. The Labute approximate surface area is 203 Å². The van der Waals surface area contributed by atoms with E-state index in [0.29, 0.717) is 42.8 Å². The Morgan fingerprint density at radius 3 is 2.63 bits per heavy atom. The monoisotopic (exact) mass is 505 g/mol. The fourth-order valence-electron chi connectivity index (χ4n) is 3.57. The Balaban J connectivity index is 1.37. The first-order valence-electron chi connectivity index (χ1n) is 10.6. The summed E-state index contributed by atoms with van der Waals surface area (Å²) in [5, 5.41) is 21.8. The van der Waals surface area contributed by atoms with Crippen molar-refractivity contribution in [2.24, 2.45) is 5.92 Å². The standard InChI is InChI=1S/C22H21ClFN5O6/c1-33-17-9-13(10-25-19(17)34-14-5-2-11(3-6-14)21(31)32)26-18(30)20-28-29-22(35-20)27-12-4-7-16(24)15(23)8-12/h4,7-11,14H,2-3,5-6H2,1H3,(H,26,30)(H,27,29)(H,31,32)/t11-,14+. The van der Waals surface area contributed by atoms with Crippen LogP contribution in [0.4, 0.5) is 21.8 Å². The fourth-order valence-corrected chi connectivity index (χ4v) is 3.75. The first kappa shape index (κ1) is 24.2. The van der Waals surface area contributed by atoms with E-state index in [1.165, 1.54) is 37.6 Å². The molecule has 4 rings (SSSR count). The lowest BCUT2D eigenvalue weighted by Gasteiger charge is -2.26. The highest BCUT2D eigenvalue weighted by Gasteiger charge is 2.28. The number of benzene rings is 1. The number of amides is 1. The lowest BCUT2D eigenvalue weighted by Crippen LogP contribution is -2.28. The van der Waals surface area contributed by atoms with Crippen LogP contribution in [-0.2, 0) is 4.79 Å². The second-order valence-corrected chi connectivity index (χ2v) is 8.19. The maximum atomic E-state index is 13.3. The fraction of sp³-hybridized carbons (Fsp3) is 0.318. The minimum Gasteiger partial charge on any atom is -0.491 e. The second kappa shape index (κ2) is 10.6. The highest BCUT2D eigenvalue weighted by atomic mass is 35.5. The Morgan fingerprint density at radius 2 is 1.94 bits per heavy atom. The molecule has 3 aromatic rings. The number of methoxy groups -OCH3 is 1. The zero-order valence-corrected chi connectivity index (χ0v) is 19.2. The largest absolute Gasteiger partial charge is 0.491 e. The van der Waals surface area contributed by atoms with Crippen LogP contribution in [0.3, 0.4) is 0 Å². The maximum Gasteiger partial charge on any atom is 0.320 e. The molecule has 0 unspecified atom stereocenters. The van der Waals surface area contributed by atoms with Gasteiger partial charge in [-0.3, -0.25) is 9.59 Å². The van der Waals surface area contributed by atoms with E-state index >= 15 is 0 Å². The van der Waals surface area contributed by atoms with Gasteiger partial charge in [0, 0.05) is 11.8 Å². The predicted molar refractivity (Wildman–Crippen MR) is 122 cm³/mol. The summed E-state index contributed by atoms with van der Waals surface area (Å²) in [7, 11) is 1.44. The topological polar surface area (TPSA) is 149 Å². The van der Waals surface area contributed by atoms with Crippen LogP contribution in [0.2, 0.25) is 5.02 Å². The number of pyridine rings is 1. The van der Waals surface area contributed by atoms with Crippen molar-refractivity contribution in [1.29, 1.82) is 0 Å². The van der Waals surface area contributed by atoms with E-state index in [2.05, 4.69) is 25.8 Å². The smallest absolute Gasteiger partial charge is 0.320 e. The molecule has 1 aromatic carbocycles. The molecule has 2 aromatic heterocycles. The van der Waals surface area contributed by atoms with Gasteiger partial charge in [-0.2, -0.15) is 0 Å². The second-order valence-electron chi connectivity index (χ2n) is 7.78. The number of aromatic nitrogens is 3. The minimum absolute atomic E-state index is 0.0881. The van der Waals surface area contributed by atoms with E-state index in [-0.39, 0.29) is 34.8 Å². The van der Waals surface area contributed by atoms with Crippen molar-refractivity contribution < 1.29 is 33.0 Å². The summed E-state index contributed by atoms with van der Waals surface area (Å²) < 4.78 is 29.8. The first-order chi connectivity index (χ1) is 16.8. The Morgan fingerprint density at radius 1 is 1.17 bits per heavy atom. The van der Waals surface area contributed by atoms with Crippen LogP contribution >= 0.6 is 11.6 Å². The summed E-state index contributed by atoms with van der Waals surface area (Å²) in [6.45, 7) is 0. The molecule has 0 bridgehead atoms. The van der Waals surface area contributed by atoms with Crippen molar-refractivity contribution in [2.75, 3.05) is 17.7 Å². The quantitative estimate of drug-likeness (QED) is 0.404. The molecule has 1 fully saturated rings. The number of carbonyl (C=O) groups excluding carboxylic acids is 1. The van der Waals surface area contributed by atoms with Crippen molar-refractivity contribution in [3.05, 3.63) is 47.2 Å². The molecule has 1 saturated carbocycles. The normalized spacial score (nSPS) is 17.5. The van der Waals surface area contributed by atoms with Gasteiger partial charge in [0.15, 0.2) is 5.75 Å². The van der Waals surface area contributed by atoms with E-state index in [0.717, 1.165) is 0 Å². The third-order valence-corrected chi connectivity index (χ3v) is 5.68. The highest BCUT2D eigenvalue weighted by Crippen LogP contribution is 2.33. The van der Waals surface area contributed by atoms with Gasteiger partial charge in [-0.05, 0) is 43.9 Å². The van der Waals surface area contributed by atoms with E-state index in [9.17, 15) is 14.0 Å². The van der Waals surface area contributed by atoms with E-state index < -0.39 is 17.7 Å². The van der Waals surface area contributed by atoms with Gasteiger partial charge < -0.3 is 29.6 Å². The average Bonchev–Trinajstić information content (AvgIpc) is 3.31. The number of nitrogens with one attached hydrogen (secondary N) is 2. The maximum absolute atomic E-state index is 13.3. The van der Waals surface area contributed by atoms with Crippen molar-refractivity contribution in [3.63, 3.8) is 0 Å². The summed E-state index contributed by atoms with van der Waals surface area (Å²) in [4.78, 5) is 27.8. The zero-order chi connectivity index (χ0) is 24.9. The predicted octanol–water partition coefficient (Wildman–Crippen LogP) is 4.28. The van der Waals surface area contributed by atoms with E-state index in [1.807, 2.05) is 0 Å². The van der Waals surface area contributed by atoms with Crippen LogP contribution in [0.25, 0.3) is 0 Å². The molecule has 0 spiro atoms. The van der Waals surface area contributed by atoms with Crippen LogP contribution in [-0.4, -0.2) is 45.4 Å². The van der Waals surface area contributed by atoms with Crippen LogP contribution < -0.4 is 20.1 Å². The summed E-state index contributed by atoms with van der Waals surface area (Å²) in [6.07, 6.45) is 3.47. The molecule has 0 radical (unpaired) electrons. The summed E-state index contributed by atoms with van der Waals surface area (Å²) in [5.74, 6) is -2.19. The number of anilines is 3. The molecule has 2 heterocycles. The van der Waals surface area contributed by atoms with Crippen molar-refractivity contribution in [2.45, 2.75) is 31.8 Å². The first-order valence-corrected chi connectivity index (χ1v) is 11.0. The molecule has 13 heteroatoms. The summed E-state index contributed by atoms with van der Waals surface area (Å²) >= 11 is 5.74. The number of carboxylic acids is 1. The van der Waals surface area contributed by atoms with Gasteiger partial charge in [0.05, 0.1) is 29.9 Å². The molecule has 11 nitrogen and oxygen atoms in total. The number of carboxylic acid groups (broad SMARTS) is 1. The number of hydrogen-bond acceptors (Lipinski definition) is 9. The van der Waals surface area contributed by atoms with Crippen LogP contribution in [0.5, 0.6) is 11.6 Å². The van der Waals surface area contributed by atoms with E-state index in [4.69, 9.17) is 30.6 Å². The van der Waals surface area contributed by atoms with Crippen LogP contribution in [0, 0.1) is 11.7 Å². The Kier molecular flexibility index (Phi) is 7.30. The molecule has 1 aliphatic rings. The third kappa shape index (κ3) is 5.96. The Bertz CT molecular complexity index is 1230. The van der Waals surface area contributed by atoms with Gasteiger partial charge in [0.25, 0.3) is 5.88 Å². The summed E-state index contributed by atoms with van der Waals surface area (Å²) in [5.41, 5.74) is 0.694. The molecule has 1 aliphatic carbocycles. The molecule has 184 valence electrons. The Hall–Kier alpha value is -3.93. The molecule has 0 atom stereocenters. The number of hydrogen-bond donors (Lipinski definition) is 3. The van der Waals surface area contributed by atoms with Gasteiger partial charge in [-0.15, -0.1) is 5.10 Å². The van der Waals surface area contributed by atoms with Gasteiger partial charge in [-0.1, -0.05) is 16.7 Å². The molecule has 0 saturated heterocycles. The van der Waals surface area contributed by atoms with Crippen LogP contribution in [0.15, 0.2) is 34.9 Å². The molecule has 0 aliphatic heterocycles. The van der Waals surface area contributed by atoms with E-state index in [1.54, 1.807) is 0 Å². The SMILES string of the molecule is COc1cc(NC(=O)c2nnc(Nc3ccc(F)c(Cl)c3)o2)cnc1O[C@H]1CC[C@@H](C(=O)O)CC1. The number of carbonyl (C=O) groups is 2. The average molecular weight is 506 g/mol. The summed E-state index contributed by atoms with van der Waals surface area (Å²) in [6, 6.07) is 5.36. The van der Waals surface area contributed by atoms with Gasteiger partial charge >= 0.3 is 23.8 Å². The number of aliphatic carboxylic acids is 1. The third-order valence-electron chi connectivity index (χ3n) is 5.39. The van der Waals surface area contributed by atoms with Gasteiger partial charge in [0.1, 0.15) is 11.9 Å². The molecular formula is C22H21ClFN5O6. The number of rotatable bonds is 8. The number of halogens is 2. The van der Waals surface area contributed by atoms with Gasteiger partial charge in [0.2, 0.25) is 0 Å². The van der Waals surface area contributed by atoms with Crippen molar-refractivity contribution >= 4 is 40.9 Å². The zero-order valence-electron chi connectivity index (χ0n) is 18.5. The number of ether oxygens (including phenoxy) is 2. The lowest BCUT2D eigenvalue weighted by molar-refractivity contribution is -0.143. The van der Waals surface area contributed by atoms with Crippen molar-refractivity contribution in [1.82, 2.24) is 15.2 Å². The minimum atomic E-state index is -0.789. The molecular weight excluding hydrogens is 485 g/mol. The highest BCUT2D eigenvalue weighted by molar-refractivity contribution is 6.31. The molecule has 1 amide bonds.